The highest BCUT2D eigenvalue weighted by Crippen LogP contribution is 2.60. The molecule has 196 valence electrons. The molecule has 1 aliphatic carbocycles. The van der Waals surface area contributed by atoms with Crippen molar-refractivity contribution in [1.82, 2.24) is 5.32 Å². The maximum Gasteiger partial charge on any atom is 0.412 e. The second-order valence-corrected chi connectivity index (χ2v) is 10.8. The van der Waals surface area contributed by atoms with Gasteiger partial charge in [-0.3, -0.25) is 4.79 Å². The second kappa shape index (κ2) is 11.7. The summed E-state index contributed by atoms with van der Waals surface area (Å²) >= 11 is 0. The predicted octanol–water partition coefficient (Wildman–Crippen LogP) is 6.24. The SMILES string of the molecule is C#CC(OC(=O)[C@@H]1C(C=C(C)C)C1(C)C)/C(C)=C/CC.CNC(=O)Oc1cccc2c1OC(C)(C)C2. The molecule has 3 atom stereocenters. The number of fused-ring (bicyclic) bond motifs is 1. The zero-order chi connectivity index (χ0) is 27.3. The molecule has 0 bridgehead atoms. The lowest BCUT2D eigenvalue weighted by molar-refractivity contribution is -0.147. The lowest BCUT2D eigenvalue weighted by atomic mass is 10.0. The summed E-state index contributed by atoms with van der Waals surface area (Å²) in [7, 11) is 1.52. The molecule has 1 fully saturated rings. The Kier molecular flexibility index (Phi) is 9.43. The molecule has 1 heterocycles. The molecule has 0 radical (unpaired) electrons. The van der Waals surface area contributed by atoms with Gasteiger partial charge in [-0.15, -0.1) is 6.42 Å². The van der Waals surface area contributed by atoms with Crippen LogP contribution in [0, 0.1) is 29.6 Å². The van der Waals surface area contributed by atoms with E-state index in [0.717, 1.165) is 24.0 Å². The summed E-state index contributed by atoms with van der Waals surface area (Å²) in [6.07, 6.45) is 10.3. The number of para-hydroxylation sites is 1. The molecule has 1 saturated carbocycles. The number of benzene rings is 1. The van der Waals surface area contributed by atoms with E-state index in [9.17, 15) is 9.59 Å². The minimum atomic E-state index is -0.536. The van der Waals surface area contributed by atoms with E-state index in [1.807, 2.05) is 45.9 Å². The first-order chi connectivity index (χ1) is 16.8. The van der Waals surface area contributed by atoms with Crippen molar-refractivity contribution in [3.8, 4) is 23.8 Å². The lowest BCUT2D eigenvalue weighted by Crippen LogP contribution is -2.25. The van der Waals surface area contributed by atoms with E-state index in [2.05, 4.69) is 45.0 Å². The third kappa shape index (κ3) is 7.16. The van der Waals surface area contributed by atoms with Crippen LogP contribution in [0.5, 0.6) is 11.5 Å². The van der Waals surface area contributed by atoms with Gasteiger partial charge < -0.3 is 19.5 Å². The van der Waals surface area contributed by atoms with Gasteiger partial charge in [0.1, 0.15) is 5.60 Å². The van der Waals surface area contributed by atoms with Crippen LogP contribution in [-0.2, 0) is 16.0 Å². The number of hydrogen-bond acceptors (Lipinski definition) is 5. The van der Waals surface area contributed by atoms with Gasteiger partial charge in [-0.25, -0.2) is 4.79 Å². The number of terminal acetylenes is 1. The maximum absolute atomic E-state index is 12.3. The molecule has 0 aromatic heterocycles. The van der Waals surface area contributed by atoms with Crippen LogP contribution < -0.4 is 14.8 Å². The number of rotatable bonds is 6. The Morgan fingerprint density at radius 3 is 2.47 bits per heavy atom. The van der Waals surface area contributed by atoms with Crippen molar-refractivity contribution in [1.29, 1.82) is 0 Å². The highest BCUT2D eigenvalue weighted by Gasteiger charge is 2.61. The first-order valence-corrected chi connectivity index (χ1v) is 12.5. The summed E-state index contributed by atoms with van der Waals surface area (Å²) in [5, 5.41) is 2.41. The molecular formula is C30H41NO5. The van der Waals surface area contributed by atoms with Crippen LogP contribution in [0.15, 0.2) is 41.5 Å². The van der Waals surface area contributed by atoms with Crippen molar-refractivity contribution in [2.24, 2.45) is 17.3 Å². The standard InChI is InChI=1S/C18H26O2.C12H15NO3/c1-8-10-13(5)15(9-2)20-17(19)16-14(11-12(3)4)18(16,6)7;1-12(2)7-8-5-4-6-9(10(8)16-12)15-11(14)13-3/h2,10-11,14-16H,8H2,1,3-7H3;4-6H,7H2,1-3H3,(H,13,14)/b13-10+;/t14?,15?,16-;/m0./s1. The number of esters is 1. The number of hydrogen-bond donors (Lipinski definition) is 1. The van der Waals surface area contributed by atoms with Gasteiger partial charge in [0.2, 0.25) is 0 Å². The molecule has 0 spiro atoms. The van der Waals surface area contributed by atoms with Crippen LogP contribution in [0.2, 0.25) is 0 Å². The average molecular weight is 496 g/mol. The molecule has 36 heavy (non-hydrogen) atoms. The molecule has 6 nitrogen and oxygen atoms in total. The Morgan fingerprint density at radius 2 is 1.92 bits per heavy atom. The van der Waals surface area contributed by atoms with E-state index in [1.165, 1.54) is 12.6 Å². The van der Waals surface area contributed by atoms with E-state index >= 15 is 0 Å². The van der Waals surface area contributed by atoms with Crippen molar-refractivity contribution in [3.05, 3.63) is 47.1 Å². The van der Waals surface area contributed by atoms with Crippen molar-refractivity contribution < 1.29 is 23.8 Å². The van der Waals surface area contributed by atoms with E-state index in [-0.39, 0.29) is 28.8 Å². The van der Waals surface area contributed by atoms with Crippen LogP contribution in [0.25, 0.3) is 0 Å². The summed E-state index contributed by atoms with van der Waals surface area (Å²) < 4.78 is 16.4. The number of carbonyl (C=O) groups excluding carboxylic acids is 2. The van der Waals surface area contributed by atoms with Crippen LogP contribution in [0.4, 0.5) is 4.79 Å². The van der Waals surface area contributed by atoms with Crippen LogP contribution in [-0.4, -0.2) is 30.8 Å². The molecule has 1 aromatic rings. The van der Waals surface area contributed by atoms with E-state index in [4.69, 9.17) is 20.6 Å². The van der Waals surface area contributed by atoms with E-state index < -0.39 is 12.2 Å². The van der Waals surface area contributed by atoms with E-state index in [1.54, 1.807) is 6.07 Å². The second-order valence-electron chi connectivity index (χ2n) is 10.8. The summed E-state index contributed by atoms with van der Waals surface area (Å²) in [4.78, 5) is 23.5. The molecule has 3 rings (SSSR count). The average Bonchev–Trinajstić information content (AvgIpc) is 3.15. The number of allylic oxidation sites excluding steroid dienone is 3. The first kappa shape index (κ1) is 29.0. The molecule has 1 amide bonds. The molecule has 2 aliphatic rings. The van der Waals surface area contributed by atoms with Crippen LogP contribution in [0.1, 0.15) is 67.4 Å². The monoisotopic (exact) mass is 495 g/mol. The zero-order valence-corrected chi connectivity index (χ0v) is 23.2. The third-order valence-corrected chi connectivity index (χ3v) is 6.46. The van der Waals surface area contributed by atoms with Gasteiger partial charge in [-0.1, -0.05) is 56.5 Å². The molecule has 6 heteroatoms. The maximum atomic E-state index is 12.3. The summed E-state index contributed by atoms with van der Waals surface area (Å²) in [5.41, 5.74) is 2.97. The number of amides is 1. The smallest absolute Gasteiger partial charge is 0.412 e. The fourth-order valence-corrected chi connectivity index (χ4v) is 4.49. The van der Waals surface area contributed by atoms with Gasteiger partial charge in [0.05, 0.1) is 5.92 Å². The van der Waals surface area contributed by atoms with Gasteiger partial charge in [0.15, 0.2) is 17.6 Å². The van der Waals surface area contributed by atoms with Crippen molar-refractivity contribution >= 4 is 12.1 Å². The van der Waals surface area contributed by atoms with Crippen molar-refractivity contribution in [2.75, 3.05) is 7.05 Å². The summed E-state index contributed by atoms with van der Waals surface area (Å²) in [5.74, 6) is 3.71. The highest BCUT2D eigenvalue weighted by atomic mass is 16.6. The minimum absolute atomic E-state index is 0.0319. The number of nitrogens with one attached hydrogen (secondary N) is 1. The zero-order valence-electron chi connectivity index (χ0n) is 23.2. The van der Waals surface area contributed by atoms with Crippen LogP contribution in [0.3, 0.4) is 0 Å². The van der Waals surface area contributed by atoms with Gasteiger partial charge in [-0.05, 0) is 64.0 Å². The molecule has 1 aliphatic heterocycles. The number of ether oxygens (including phenoxy) is 3. The van der Waals surface area contributed by atoms with Gasteiger partial charge in [0, 0.05) is 19.0 Å². The lowest BCUT2D eigenvalue weighted by Gasteiger charge is -2.17. The fourth-order valence-electron chi connectivity index (χ4n) is 4.49. The molecular weight excluding hydrogens is 454 g/mol. The van der Waals surface area contributed by atoms with Crippen molar-refractivity contribution in [2.45, 2.75) is 79.9 Å². The Hall–Kier alpha value is -3.20. The van der Waals surface area contributed by atoms with Gasteiger partial charge in [-0.2, -0.15) is 0 Å². The minimum Gasteiger partial charge on any atom is -0.483 e. The molecule has 2 unspecified atom stereocenters. The normalized spacial score (nSPS) is 21.3. The van der Waals surface area contributed by atoms with Crippen molar-refractivity contribution in [3.63, 3.8) is 0 Å². The topological polar surface area (TPSA) is 73.9 Å². The fraction of sp³-hybridized carbons (Fsp3) is 0.533. The Bertz CT molecular complexity index is 1070. The highest BCUT2D eigenvalue weighted by molar-refractivity contribution is 5.79. The van der Waals surface area contributed by atoms with Crippen LogP contribution >= 0.6 is 0 Å². The Morgan fingerprint density at radius 1 is 1.25 bits per heavy atom. The quantitative estimate of drug-likeness (QED) is 0.287. The first-order valence-electron chi connectivity index (χ1n) is 12.5. The predicted molar refractivity (Wildman–Crippen MR) is 143 cm³/mol. The van der Waals surface area contributed by atoms with E-state index in [0.29, 0.717) is 11.5 Å². The molecule has 0 saturated heterocycles. The molecule has 1 N–H and O–H groups in total. The van der Waals surface area contributed by atoms with Gasteiger partial charge >= 0.3 is 12.1 Å². The van der Waals surface area contributed by atoms with Gasteiger partial charge in [0.25, 0.3) is 0 Å². The number of carbonyl (C=O) groups is 2. The Balaban J connectivity index is 0.000000259. The largest absolute Gasteiger partial charge is 0.483 e. The Labute approximate surface area is 216 Å². The summed E-state index contributed by atoms with van der Waals surface area (Å²) in [6, 6.07) is 5.58. The molecule has 1 aromatic carbocycles. The third-order valence-electron chi connectivity index (χ3n) is 6.46. The summed E-state index contributed by atoms with van der Waals surface area (Å²) in [6.45, 7) is 16.3.